The normalized spacial score (nSPS) is 13.8. The van der Waals surface area contributed by atoms with Crippen LogP contribution in [0.3, 0.4) is 0 Å². The molecule has 0 amide bonds. The molecule has 0 fully saturated rings. The summed E-state index contributed by atoms with van der Waals surface area (Å²) >= 11 is 0. The van der Waals surface area contributed by atoms with Crippen molar-refractivity contribution in [1.29, 1.82) is 0 Å². The third-order valence-electron chi connectivity index (χ3n) is 14.7. The van der Waals surface area contributed by atoms with E-state index in [0.29, 0.717) is 0 Å². The van der Waals surface area contributed by atoms with E-state index in [4.69, 9.17) is 0 Å². The molecule has 4 heterocycles. The molecule has 2 aliphatic heterocycles. The number of hydrogen-bond acceptors (Lipinski definition) is 0. The maximum Gasteiger partial charge on any atom is 0.333 e. The van der Waals surface area contributed by atoms with Gasteiger partial charge in [0.1, 0.15) is 0 Å². The Morgan fingerprint density at radius 1 is 0.413 bits per heavy atom. The van der Waals surface area contributed by atoms with Crippen molar-refractivity contribution in [2.45, 2.75) is 119 Å². The van der Waals surface area contributed by atoms with E-state index in [0.717, 1.165) is 0 Å². The summed E-state index contributed by atoms with van der Waals surface area (Å²) in [5, 5.41) is 5.39. The number of hydrogen-bond donors (Lipinski definition) is 0. The average molecular weight is 821 g/mol. The average Bonchev–Trinajstić information content (AvgIpc) is 3.72. The third-order valence-corrected chi connectivity index (χ3v) is 14.7. The molecule has 0 bridgehead atoms. The van der Waals surface area contributed by atoms with Gasteiger partial charge in [0.2, 0.25) is 0 Å². The molecule has 7 aromatic carbocycles. The van der Waals surface area contributed by atoms with Crippen molar-refractivity contribution in [3.63, 3.8) is 0 Å². The molecular weight excluding hydrogens is 759 g/mol. The van der Waals surface area contributed by atoms with E-state index < -0.39 is 0 Å². The lowest BCUT2D eigenvalue weighted by Gasteiger charge is -2.37. The van der Waals surface area contributed by atoms with Crippen LogP contribution in [0.1, 0.15) is 116 Å². The standard InChI is InChI=1S/C60H61BN2/c1-34-19-18-20-35(2)51(34)45-33-50-54-53(52(45)36-21-16-15-17-22-36)46-31-39(59(9,10)11)29-43-42-28-38(58(6,7)8)24-26-49(42)63(55(43)46)61(54)47-32-40(60(12,13)14)30-44-41-27-37(57(3,4)5)23-25-48(41)62(50)56(44)47/h15-33H,1-14H3. The van der Waals surface area contributed by atoms with E-state index in [1.54, 1.807) is 0 Å². The molecule has 2 nitrogen and oxygen atoms in total. The lowest BCUT2D eigenvalue weighted by atomic mass is 9.44. The highest BCUT2D eigenvalue weighted by Crippen LogP contribution is 2.52. The van der Waals surface area contributed by atoms with Crippen LogP contribution < -0.4 is 10.9 Å². The fourth-order valence-corrected chi connectivity index (χ4v) is 11.3. The Hall–Kier alpha value is -5.80. The molecule has 0 unspecified atom stereocenters. The molecule has 0 radical (unpaired) electrons. The molecule has 9 aromatic rings. The minimum atomic E-state index is -0.0729. The van der Waals surface area contributed by atoms with Gasteiger partial charge in [0.25, 0.3) is 0 Å². The quantitative estimate of drug-likeness (QED) is 0.154. The largest absolute Gasteiger partial charge is 0.375 e. The first kappa shape index (κ1) is 40.0. The second-order valence-corrected chi connectivity index (χ2v) is 23.2. The smallest absolute Gasteiger partial charge is 0.333 e. The summed E-state index contributed by atoms with van der Waals surface area (Å²) < 4.78 is 5.46. The topological polar surface area (TPSA) is 9.86 Å². The van der Waals surface area contributed by atoms with Gasteiger partial charge >= 0.3 is 6.85 Å². The minimum absolute atomic E-state index is 0.00899. The summed E-state index contributed by atoms with van der Waals surface area (Å²) in [7, 11) is 0. The zero-order chi connectivity index (χ0) is 44.4. The van der Waals surface area contributed by atoms with Gasteiger partial charge in [0.15, 0.2) is 0 Å². The van der Waals surface area contributed by atoms with E-state index in [2.05, 4.69) is 221 Å². The van der Waals surface area contributed by atoms with Gasteiger partial charge in [-0.2, -0.15) is 0 Å². The monoisotopic (exact) mass is 820 g/mol. The number of fused-ring (bicyclic) bond motifs is 10. The lowest BCUT2D eigenvalue weighted by molar-refractivity contribution is 0.590. The number of benzene rings is 7. The van der Waals surface area contributed by atoms with Crippen molar-refractivity contribution >= 4 is 61.4 Å². The van der Waals surface area contributed by atoms with Crippen molar-refractivity contribution in [2.24, 2.45) is 0 Å². The Morgan fingerprint density at radius 3 is 1.52 bits per heavy atom. The molecule has 314 valence electrons. The van der Waals surface area contributed by atoms with Gasteiger partial charge in [-0.05, 0) is 156 Å². The molecule has 0 spiro atoms. The Bertz CT molecular complexity index is 3410. The van der Waals surface area contributed by atoms with Crippen LogP contribution in [0, 0.1) is 13.8 Å². The molecule has 0 saturated heterocycles. The zero-order valence-corrected chi connectivity index (χ0v) is 39.9. The Morgan fingerprint density at radius 2 is 0.937 bits per heavy atom. The molecule has 11 rings (SSSR count). The van der Waals surface area contributed by atoms with E-state index in [-0.39, 0.29) is 28.5 Å². The first-order chi connectivity index (χ1) is 29.6. The summed E-state index contributed by atoms with van der Waals surface area (Å²) in [5.74, 6) is 0. The van der Waals surface area contributed by atoms with E-state index in [9.17, 15) is 0 Å². The third kappa shape index (κ3) is 5.70. The summed E-state index contributed by atoms with van der Waals surface area (Å²) in [6.07, 6.45) is 0. The molecule has 0 N–H and O–H groups in total. The van der Waals surface area contributed by atoms with Crippen molar-refractivity contribution in [3.05, 3.63) is 149 Å². The molecule has 63 heavy (non-hydrogen) atoms. The highest BCUT2D eigenvalue weighted by atomic mass is 15.0. The van der Waals surface area contributed by atoms with Gasteiger partial charge in [-0.15, -0.1) is 0 Å². The van der Waals surface area contributed by atoms with Gasteiger partial charge in [0.05, 0.1) is 11.0 Å². The van der Waals surface area contributed by atoms with Crippen LogP contribution in [0.4, 0.5) is 0 Å². The predicted octanol–water partition coefficient (Wildman–Crippen LogP) is 15.0. The molecule has 3 heteroatoms. The molecule has 0 aliphatic carbocycles. The number of aryl methyl sites for hydroxylation is 2. The van der Waals surface area contributed by atoms with E-state index >= 15 is 0 Å². The molecular formula is C60H61BN2. The highest BCUT2D eigenvalue weighted by Gasteiger charge is 2.44. The number of rotatable bonds is 2. The maximum atomic E-state index is 2.78. The van der Waals surface area contributed by atoms with Crippen LogP contribution in [-0.2, 0) is 21.7 Å². The Balaban J connectivity index is 1.45. The first-order valence-electron chi connectivity index (χ1n) is 23.2. The lowest BCUT2D eigenvalue weighted by Crippen LogP contribution is -2.55. The highest BCUT2D eigenvalue weighted by molar-refractivity contribution is 6.90. The fraction of sp³-hybridized carbons (Fsp3) is 0.300. The van der Waals surface area contributed by atoms with Gasteiger partial charge in [-0.3, -0.25) is 0 Å². The summed E-state index contributed by atoms with van der Waals surface area (Å²) in [5.41, 5.74) is 25.2. The van der Waals surface area contributed by atoms with Crippen LogP contribution in [0.2, 0.25) is 0 Å². The van der Waals surface area contributed by atoms with Crippen molar-refractivity contribution in [3.8, 4) is 39.1 Å². The Kier molecular flexibility index (Phi) is 8.20. The van der Waals surface area contributed by atoms with Crippen molar-refractivity contribution in [1.82, 2.24) is 9.05 Å². The fourth-order valence-electron chi connectivity index (χ4n) is 11.3. The van der Waals surface area contributed by atoms with E-state index in [1.807, 2.05) is 0 Å². The summed E-state index contributed by atoms with van der Waals surface area (Å²) in [4.78, 5) is 0. The SMILES string of the molecule is Cc1cccc(C)c1-c1cc2c3c(c1-c1ccccc1)-c1cc(C(C)(C)C)cc4c5cc(C(C)(C)C)ccc5n(c14)B3c1cc(C(C)(C)C)cc3c4cc(C(C)(C)C)ccc4n-2c13. The van der Waals surface area contributed by atoms with Gasteiger partial charge in [0, 0.05) is 43.8 Å². The van der Waals surface area contributed by atoms with Crippen molar-refractivity contribution < 1.29 is 0 Å². The summed E-state index contributed by atoms with van der Waals surface area (Å²) in [6, 6.07) is 45.7. The van der Waals surface area contributed by atoms with Crippen LogP contribution in [0.15, 0.2) is 115 Å². The number of nitrogens with zero attached hydrogens (tertiary/aromatic N) is 2. The second kappa shape index (κ2) is 12.9. The van der Waals surface area contributed by atoms with E-state index in [1.165, 1.54) is 127 Å². The predicted molar refractivity (Wildman–Crippen MR) is 275 cm³/mol. The van der Waals surface area contributed by atoms with Crippen molar-refractivity contribution in [2.75, 3.05) is 0 Å². The van der Waals surface area contributed by atoms with Crippen LogP contribution in [0.25, 0.3) is 82.7 Å². The minimum Gasteiger partial charge on any atom is -0.375 e. The first-order valence-corrected chi connectivity index (χ1v) is 23.2. The number of aromatic nitrogens is 2. The summed E-state index contributed by atoms with van der Waals surface area (Å²) in [6.45, 7) is 32.9. The van der Waals surface area contributed by atoms with Gasteiger partial charge in [-0.1, -0.05) is 150 Å². The second-order valence-electron chi connectivity index (χ2n) is 23.2. The van der Waals surface area contributed by atoms with Gasteiger partial charge in [-0.25, -0.2) is 0 Å². The molecule has 0 atom stereocenters. The molecule has 2 aliphatic rings. The van der Waals surface area contributed by atoms with Crippen LogP contribution in [0.5, 0.6) is 0 Å². The molecule has 0 saturated carbocycles. The molecule has 2 aromatic heterocycles. The Labute approximate surface area is 375 Å². The van der Waals surface area contributed by atoms with Crippen LogP contribution >= 0.6 is 0 Å². The maximum absolute atomic E-state index is 2.78. The zero-order valence-electron chi connectivity index (χ0n) is 39.9. The van der Waals surface area contributed by atoms with Gasteiger partial charge < -0.3 is 9.05 Å². The van der Waals surface area contributed by atoms with Crippen LogP contribution in [-0.4, -0.2) is 15.9 Å².